The Kier molecular flexibility index (Phi) is 3.87. The molecule has 0 saturated carbocycles. The molecular formula is C7H2BrClF2N2O3. The molecule has 0 unspecified atom stereocenters. The van der Waals surface area contributed by atoms with E-state index < -0.39 is 33.5 Å². The van der Waals surface area contributed by atoms with E-state index in [2.05, 4.69) is 20.9 Å². The van der Waals surface area contributed by atoms with E-state index in [1.165, 1.54) is 0 Å². The van der Waals surface area contributed by atoms with Crippen molar-refractivity contribution in [3.05, 3.63) is 32.0 Å². The van der Waals surface area contributed by atoms with Crippen LogP contribution in [0.25, 0.3) is 0 Å². The van der Waals surface area contributed by atoms with Crippen LogP contribution in [0.1, 0.15) is 22.5 Å². The molecule has 0 aliphatic heterocycles. The number of halogens is 4. The second-order valence-corrected chi connectivity index (χ2v) is 3.72. The number of aromatic nitrogens is 1. The molecule has 0 bridgehead atoms. The molecule has 0 aromatic carbocycles. The Balaban J connectivity index is 3.60. The molecule has 1 rings (SSSR count). The van der Waals surface area contributed by atoms with Crippen molar-refractivity contribution in [2.24, 2.45) is 0 Å². The predicted octanol–water partition coefficient (Wildman–Crippen LogP) is 3.07. The van der Waals surface area contributed by atoms with Gasteiger partial charge in [-0.05, 0) is 33.6 Å². The smallest absolute Gasteiger partial charge is 0.274 e. The topological polar surface area (TPSA) is 73.1 Å². The van der Waals surface area contributed by atoms with Crippen LogP contribution in [0.2, 0.25) is 0 Å². The van der Waals surface area contributed by atoms with E-state index in [1.54, 1.807) is 0 Å². The summed E-state index contributed by atoms with van der Waals surface area (Å²) >= 11 is 7.78. The second kappa shape index (κ2) is 4.79. The largest absolute Gasteiger partial charge is 0.308 e. The predicted molar refractivity (Wildman–Crippen MR) is 53.7 cm³/mol. The van der Waals surface area contributed by atoms with E-state index in [0.717, 1.165) is 6.07 Å². The summed E-state index contributed by atoms with van der Waals surface area (Å²) in [7, 11) is 0. The van der Waals surface area contributed by atoms with Gasteiger partial charge in [0.25, 0.3) is 11.7 Å². The molecule has 0 amide bonds. The van der Waals surface area contributed by atoms with Gasteiger partial charge in [0.05, 0.1) is 4.92 Å². The molecule has 86 valence electrons. The summed E-state index contributed by atoms with van der Waals surface area (Å²) in [6.45, 7) is 0. The first-order valence-electron chi connectivity index (χ1n) is 3.67. The second-order valence-electron chi connectivity index (χ2n) is 2.56. The van der Waals surface area contributed by atoms with Crippen LogP contribution in [0, 0.1) is 10.1 Å². The Morgan fingerprint density at radius 3 is 2.56 bits per heavy atom. The first-order valence-corrected chi connectivity index (χ1v) is 4.84. The first-order chi connectivity index (χ1) is 7.34. The van der Waals surface area contributed by atoms with Crippen LogP contribution in [0.4, 0.5) is 14.5 Å². The van der Waals surface area contributed by atoms with Crippen LogP contribution < -0.4 is 0 Å². The normalized spacial score (nSPS) is 10.6. The first kappa shape index (κ1) is 12.9. The molecule has 0 saturated heterocycles. The van der Waals surface area contributed by atoms with Crippen molar-refractivity contribution >= 4 is 38.5 Å². The summed E-state index contributed by atoms with van der Waals surface area (Å²) in [6, 6.07) is 0.770. The average Bonchev–Trinajstić information content (AvgIpc) is 2.15. The summed E-state index contributed by atoms with van der Waals surface area (Å²) < 4.78 is 24.9. The van der Waals surface area contributed by atoms with E-state index in [0.29, 0.717) is 0 Å². The van der Waals surface area contributed by atoms with Crippen molar-refractivity contribution < 1.29 is 18.5 Å². The van der Waals surface area contributed by atoms with Gasteiger partial charge < -0.3 is 0 Å². The minimum atomic E-state index is -3.10. The maximum Gasteiger partial charge on any atom is 0.308 e. The number of alkyl halides is 2. The molecule has 9 heteroatoms. The third-order valence-corrected chi connectivity index (χ3v) is 2.18. The van der Waals surface area contributed by atoms with Gasteiger partial charge in [0.2, 0.25) is 5.69 Å². The summed E-state index contributed by atoms with van der Waals surface area (Å²) in [5.74, 6) is 0. The number of carbonyl (C=O) groups excluding carboxylic acids is 1. The SMILES string of the molecule is O=C(Cl)c1nc(Br)cc(C(F)F)c1[N+](=O)[O-]. The van der Waals surface area contributed by atoms with Crippen molar-refractivity contribution in [3.8, 4) is 0 Å². The fourth-order valence-corrected chi connectivity index (χ4v) is 1.58. The number of carbonyl (C=O) groups is 1. The molecule has 1 aromatic rings. The van der Waals surface area contributed by atoms with Crippen molar-refractivity contribution in [2.75, 3.05) is 0 Å². The number of nitro groups is 1. The van der Waals surface area contributed by atoms with Gasteiger partial charge in [-0.3, -0.25) is 14.9 Å². The zero-order valence-corrected chi connectivity index (χ0v) is 9.63. The van der Waals surface area contributed by atoms with Crippen LogP contribution >= 0.6 is 27.5 Å². The number of rotatable bonds is 3. The van der Waals surface area contributed by atoms with Gasteiger partial charge in [-0.2, -0.15) is 0 Å². The number of hydrogen-bond donors (Lipinski definition) is 0. The monoisotopic (exact) mass is 314 g/mol. The molecule has 1 aromatic heterocycles. The van der Waals surface area contributed by atoms with E-state index in [9.17, 15) is 23.7 Å². The molecule has 0 aliphatic carbocycles. The Morgan fingerprint density at radius 2 is 2.19 bits per heavy atom. The molecule has 0 atom stereocenters. The Labute approximate surface area is 101 Å². The minimum Gasteiger partial charge on any atom is -0.274 e. The highest BCUT2D eigenvalue weighted by Crippen LogP contribution is 2.33. The zero-order valence-electron chi connectivity index (χ0n) is 7.29. The third-order valence-electron chi connectivity index (χ3n) is 1.59. The number of nitrogens with zero attached hydrogens (tertiary/aromatic N) is 2. The van der Waals surface area contributed by atoms with Crippen LogP contribution in [0.3, 0.4) is 0 Å². The molecule has 16 heavy (non-hydrogen) atoms. The van der Waals surface area contributed by atoms with Gasteiger partial charge in [0.15, 0.2) is 0 Å². The average molecular weight is 315 g/mol. The standard InChI is InChI=1S/C7H2BrClF2N2O3/c8-3-1-2(7(10)11)5(13(15)16)4(12-3)6(9)14/h1,7H. The number of pyridine rings is 1. The van der Waals surface area contributed by atoms with E-state index in [1.807, 2.05) is 0 Å². The van der Waals surface area contributed by atoms with Crippen LogP contribution in [0.5, 0.6) is 0 Å². The highest BCUT2D eigenvalue weighted by Gasteiger charge is 2.30. The molecular weight excluding hydrogens is 313 g/mol. The van der Waals surface area contributed by atoms with Crippen molar-refractivity contribution in [3.63, 3.8) is 0 Å². The summed E-state index contributed by atoms with van der Waals surface area (Å²) in [6.07, 6.45) is -3.10. The highest BCUT2D eigenvalue weighted by atomic mass is 79.9. The van der Waals surface area contributed by atoms with Gasteiger partial charge in [-0.1, -0.05) is 0 Å². The third kappa shape index (κ3) is 2.50. The molecule has 0 fully saturated rings. The van der Waals surface area contributed by atoms with Crippen molar-refractivity contribution in [2.45, 2.75) is 6.43 Å². The molecule has 0 spiro atoms. The van der Waals surface area contributed by atoms with Crippen molar-refractivity contribution in [1.29, 1.82) is 0 Å². The van der Waals surface area contributed by atoms with Crippen LogP contribution in [-0.2, 0) is 0 Å². The lowest BCUT2D eigenvalue weighted by molar-refractivity contribution is -0.386. The van der Waals surface area contributed by atoms with Gasteiger partial charge >= 0.3 is 5.69 Å². The summed E-state index contributed by atoms with van der Waals surface area (Å²) in [5.41, 5.74) is -2.79. The zero-order chi connectivity index (χ0) is 12.5. The van der Waals surface area contributed by atoms with E-state index in [4.69, 9.17) is 11.6 Å². The molecule has 0 aliphatic rings. The van der Waals surface area contributed by atoms with Crippen LogP contribution in [0.15, 0.2) is 10.7 Å². The quantitative estimate of drug-likeness (QED) is 0.372. The molecule has 1 heterocycles. The van der Waals surface area contributed by atoms with E-state index in [-0.39, 0.29) is 4.60 Å². The van der Waals surface area contributed by atoms with Crippen LogP contribution in [-0.4, -0.2) is 15.1 Å². The van der Waals surface area contributed by atoms with Gasteiger partial charge in [0.1, 0.15) is 10.2 Å². The highest BCUT2D eigenvalue weighted by molar-refractivity contribution is 9.10. The lowest BCUT2D eigenvalue weighted by Crippen LogP contribution is -2.06. The minimum absolute atomic E-state index is 0.127. The summed E-state index contributed by atoms with van der Waals surface area (Å²) in [4.78, 5) is 23.7. The molecule has 5 nitrogen and oxygen atoms in total. The van der Waals surface area contributed by atoms with Crippen molar-refractivity contribution in [1.82, 2.24) is 4.98 Å². The molecule has 0 radical (unpaired) electrons. The fraction of sp³-hybridized carbons (Fsp3) is 0.143. The van der Waals surface area contributed by atoms with Gasteiger partial charge in [-0.25, -0.2) is 13.8 Å². The lowest BCUT2D eigenvalue weighted by atomic mass is 10.2. The van der Waals surface area contributed by atoms with Gasteiger partial charge in [0, 0.05) is 0 Å². The maximum absolute atomic E-state index is 12.5. The van der Waals surface area contributed by atoms with Gasteiger partial charge in [-0.15, -0.1) is 0 Å². The Morgan fingerprint density at radius 1 is 1.62 bits per heavy atom. The molecule has 0 N–H and O–H groups in total. The fourth-order valence-electron chi connectivity index (χ4n) is 1.02. The Hall–Kier alpha value is -1.15. The Bertz CT molecular complexity index is 469. The lowest BCUT2D eigenvalue weighted by Gasteiger charge is -2.04. The summed E-state index contributed by atoms with van der Waals surface area (Å²) in [5, 5.41) is 9.30. The van der Waals surface area contributed by atoms with E-state index >= 15 is 0 Å². The number of hydrogen-bond acceptors (Lipinski definition) is 4. The maximum atomic E-state index is 12.5.